The van der Waals surface area contributed by atoms with Crippen molar-refractivity contribution in [3.05, 3.63) is 43.1 Å². The van der Waals surface area contributed by atoms with Gasteiger partial charge in [0.1, 0.15) is 11.5 Å². The third-order valence-electron chi connectivity index (χ3n) is 3.73. The van der Waals surface area contributed by atoms with Gasteiger partial charge in [-0.25, -0.2) is 9.97 Å². The van der Waals surface area contributed by atoms with Crippen molar-refractivity contribution in [3.8, 4) is 0 Å². The molecule has 0 fully saturated rings. The molecular formula is C16H21N5. The topological polar surface area (TPSA) is 58.5 Å². The molecule has 0 spiro atoms. The first-order valence-electron chi connectivity index (χ1n) is 7.19. The van der Waals surface area contributed by atoms with E-state index in [0.29, 0.717) is 0 Å². The van der Waals surface area contributed by atoms with Crippen LogP contribution in [0.2, 0.25) is 0 Å². The Morgan fingerprint density at radius 1 is 1.29 bits per heavy atom. The van der Waals surface area contributed by atoms with Gasteiger partial charge >= 0.3 is 0 Å². The Bertz CT molecular complexity index is 706. The van der Waals surface area contributed by atoms with Crippen molar-refractivity contribution in [2.24, 2.45) is 5.41 Å². The average molecular weight is 283 g/mol. The monoisotopic (exact) mass is 283 g/mol. The summed E-state index contributed by atoms with van der Waals surface area (Å²) in [7, 11) is 0. The van der Waals surface area contributed by atoms with Crippen LogP contribution in [0.5, 0.6) is 0 Å². The lowest BCUT2D eigenvalue weighted by molar-refractivity contribution is 0.310. The minimum absolute atomic E-state index is 0.108. The lowest BCUT2D eigenvalue weighted by Gasteiger charge is -2.32. The second-order valence-corrected chi connectivity index (χ2v) is 6.43. The third kappa shape index (κ3) is 3.07. The van der Waals surface area contributed by atoms with Gasteiger partial charge in [-0.2, -0.15) is 0 Å². The number of anilines is 1. The van der Waals surface area contributed by atoms with E-state index >= 15 is 0 Å². The number of hydrogen-bond acceptors (Lipinski definition) is 3. The molecule has 1 unspecified atom stereocenters. The van der Waals surface area contributed by atoms with E-state index in [2.05, 4.69) is 51.7 Å². The molecule has 0 aliphatic rings. The van der Waals surface area contributed by atoms with E-state index < -0.39 is 0 Å². The Kier molecular flexibility index (Phi) is 3.41. The number of pyridine rings is 1. The van der Waals surface area contributed by atoms with Crippen LogP contribution in [0.4, 0.5) is 5.82 Å². The molecule has 21 heavy (non-hydrogen) atoms. The van der Waals surface area contributed by atoms with Gasteiger partial charge in [-0.05, 0) is 23.6 Å². The van der Waals surface area contributed by atoms with Crippen molar-refractivity contribution < 1.29 is 0 Å². The normalized spacial score (nSPS) is 13.5. The number of aromatic amines is 1. The lowest BCUT2D eigenvalue weighted by Crippen LogP contribution is -2.37. The number of hydrogen-bond donors (Lipinski definition) is 2. The standard InChI is InChI=1S/C16H21N5/c1-16(2,3)13(10-21-9-8-17-11-21)19-14-5-4-12-6-7-18-15(12)20-14/h4-9,11,13H,10H2,1-3H3,(H2,18,19,20). The lowest BCUT2D eigenvalue weighted by atomic mass is 9.86. The third-order valence-corrected chi connectivity index (χ3v) is 3.73. The van der Waals surface area contributed by atoms with Crippen LogP contribution in [-0.2, 0) is 6.54 Å². The molecule has 5 heteroatoms. The van der Waals surface area contributed by atoms with Crippen LogP contribution in [-0.4, -0.2) is 25.6 Å². The molecule has 2 N–H and O–H groups in total. The number of rotatable bonds is 4. The fourth-order valence-corrected chi connectivity index (χ4v) is 2.33. The predicted molar refractivity (Wildman–Crippen MR) is 85.2 cm³/mol. The van der Waals surface area contributed by atoms with Gasteiger partial charge in [0.15, 0.2) is 0 Å². The maximum absolute atomic E-state index is 4.63. The first-order chi connectivity index (χ1) is 10.0. The average Bonchev–Trinajstić information content (AvgIpc) is 3.06. The van der Waals surface area contributed by atoms with Crippen LogP contribution in [0.15, 0.2) is 43.1 Å². The van der Waals surface area contributed by atoms with Crippen molar-refractivity contribution in [1.29, 1.82) is 0 Å². The number of H-pyrrole nitrogens is 1. The molecule has 1 atom stereocenters. The van der Waals surface area contributed by atoms with Crippen LogP contribution < -0.4 is 5.32 Å². The first-order valence-corrected chi connectivity index (χ1v) is 7.19. The number of aromatic nitrogens is 4. The zero-order chi connectivity index (χ0) is 14.9. The molecule has 3 rings (SSSR count). The number of nitrogens with zero attached hydrogens (tertiary/aromatic N) is 3. The van der Waals surface area contributed by atoms with Crippen molar-refractivity contribution in [2.45, 2.75) is 33.4 Å². The molecule has 0 aromatic carbocycles. The minimum Gasteiger partial charge on any atom is -0.365 e. The number of imidazole rings is 1. The summed E-state index contributed by atoms with van der Waals surface area (Å²) in [6.45, 7) is 7.55. The van der Waals surface area contributed by atoms with E-state index in [1.807, 2.05) is 37.1 Å². The van der Waals surface area contributed by atoms with Gasteiger partial charge in [0.2, 0.25) is 0 Å². The molecule has 0 aliphatic carbocycles. The van der Waals surface area contributed by atoms with Gasteiger partial charge in [-0.15, -0.1) is 0 Å². The molecule has 3 aromatic heterocycles. The largest absolute Gasteiger partial charge is 0.365 e. The molecule has 5 nitrogen and oxygen atoms in total. The minimum atomic E-state index is 0.108. The Morgan fingerprint density at radius 2 is 2.14 bits per heavy atom. The van der Waals surface area contributed by atoms with Crippen molar-refractivity contribution in [3.63, 3.8) is 0 Å². The van der Waals surface area contributed by atoms with Crippen LogP contribution in [0.25, 0.3) is 11.0 Å². The summed E-state index contributed by atoms with van der Waals surface area (Å²) in [5.41, 5.74) is 1.02. The second kappa shape index (κ2) is 5.24. The predicted octanol–water partition coefficient (Wildman–Crippen LogP) is 3.29. The summed E-state index contributed by atoms with van der Waals surface area (Å²) >= 11 is 0. The fourth-order valence-electron chi connectivity index (χ4n) is 2.33. The molecule has 0 bridgehead atoms. The van der Waals surface area contributed by atoms with Crippen LogP contribution in [0.1, 0.15) is 20.8 Å². The van der Waals surface area contributed by atoms with Gasteiger partial charge in [-0.3, -0.25) is 0 Å². The first kappa shape index (κ1) is 13.7. The summed E-state index contributed by atoms with van der Waals surface area (Å²) in [5, 5.41) is 4.69. The second-order valence-electron chi connectivity index (χ2n) is 6.43. The highest BCUT2D eigenvalue weighted by Crippen LogP contribution is 2.24. The molecular weight excluding hydrogens is 262 g/mol. The molecule has 0 amide bonds. The van der Waals surface area contributed by atoms with Gasteiger partial charge in [0.05, 0.1) is 12.4 Å². The molecule has 3 heterocycles. The Balaban J connectivity index is 1.83. The summed E-state index contributed by atoms with van der Waals surface area (Å²) in [5.74, 6) is 0.894. The summed E-state index contributed by atoms with van der Waals surface area (Å²) in [6, 6.07) is 6.39. The van der Waals surface area contributed by atoms with Crippen LogP contribution in [0, 0.1) is 5.41 Å². The molecule has 0 saturated heterocycles. The Morgan fingerprint density at radius 3 is 2.86 bits per heavy atom. The van der Waals surface area contributed by atoms with Crippen molar-refractivity contribution in [2.75, 3.05) is 5.32 Å². The van der Waals surface area contributed by atoms with E-state index in [9.17, 15) is 0 Å². The van der Waals surface area contributed by atoms with Gasteiger partial charge in [-0.1, -0.05) is 20.8 Å². The zero-order valence-corrected chi connectivity index (χ0v) is 12.7. The molecule has 0 aliphatic heterocycles. The zero-order valence-electron chi connectivity index (χ0n) is 12.7. The smallest absolute Gasteiger partial charge is 0.139 e. The van der Waals surface area contributed by atoms with Crippen molar-refractivity contribution in [1.82, 2.24) is 19.5 Å². The van der Waals surface area contributed by atoms with Crippen molar-refractivity contribution >= 4 is 16.9 Å². The van der Waals surface area contributed by atoms with E-state index in [4.69, 9.17) is 0 Å². The molecule has 0 radical (unpaired) electrons. The van der Waals surface area contributed by atoms with E-state index in [-0.39, 0.29) is 11.5 Å². The highest BCUT2D eigenvalue weighted by molar-refractivity contribution is 5.77. The fraction of sp³-hybridized carbons (Fsp3) is 0.375. The van der Waals surface area contributed by atoms with Gasteiger partial charge in [0, 0.05) is 30.5 Å². The van der Waals surface area contributed by atoms with Gasteiger partial charge < -0.3 is 14.9 Å². The Hall–Kier alpha value is -2.30. The number of fused-ring (bicyclic) bond motifs is 1. The van der Waals surface area contributed by atoms with E-state index in [0.717, 1.165) is 23.4 Å². The molecule has 0 saturated carbocycles. The Labute approximate surface area is 124 Å². The quantitative estimate of drug-likeness (QED) is 0.772. The highest BCUT2D eigenvalue weighted by atomic mass is 15.1. The number of nitrogens with one attached hydrogen (secondary N) is 2. The SMILES string of the molecule is CC(C)(C)C(Cn1ccnc1)Nc1ccc2cc[nH]c2n1. The molecule has 110 valence electrons. The van der Waals surface area contributed by atoms with E-state index in [1.165, 1.54) is 0 Å². The maximum atomic E-state index is 4.63. The summed E-state index contributed by atoms with van der Waals surface area (Å²) < 4.78 is 2.09. The summed E-state index contributed by atoms with van der Waals surface area (Å²) in [4.78, 5) is 11.9. The van der Waals surface area contributed by atoms with Gasteiger partial charge in [0.25, 0.3) is 0 Å². The summed E-state index contributed by atoms with van der Waals surface area (Å²) in [6.07, 6.45) is 7.56. The van der Waals surface area contributed by atoms with E-state index in [1.54, 1.807) is 0 Å². The van der Waals surface area contributed by atoms with Crippen LogP contribution in [0.3, 0.4) is 0 Å². The highest BCUT2D eigenvalue weighted by Gasteiger charge is 2.25. The maximum Gasteiger partial charge on any atom is 0.139 e. The molecule has 3 aromatic rings. The van der Waals surface area contributed by atoms with Crippen LogP contribution >= 0.6 is 0 Å².